The van der Waals surface area contributed by atoms with Gasteiger partial charge in [0.05, 0.1) is 12.7 Å². The van der Waals surface area contributed by atoms with E-state index in [4.69, 9.17) is 4.74 Å². The Hall–Kier alpha value is -2.20. The highest BCUT2D eigenvalue weighted by Gasteiger charge is 2.30. The zero-order valence-corrected chi connectivity index (χ0v) is 15.0. The molecule has 0 N–H and O–H groups in total. The molecular formula is C20H27N2O2+. The van der Waals surface area contributed by atoms with Crippen molar-refractivity contribution < 1.29 is 14.0 Å². The summed E-state index contributed by atoms with van der Waals surface area (Å²) in [5, 5.41) is 0. The van der Waals surface area contributed by atoms with E-state index in [-0.39, 0.29) is 5.97 Å². The van der Waals surface area contributed by atoms with Crippen LogP contribution < -0.4 is 0 Å². The Morgan fingerprint density at radius 3 is 2.29 bits per heavy atom. The highest BCUT2D eigenvalue weighted by Crippen LogP contribution is 2.18. The van der Waals surface area contributed by atoms with Gasteiger partial charge in [-0.25, -0.2) is 4.79 Å². The topological polar surface area (TPSA) is 39.2 Å². The number of nitrogens with zero attached hydrogens (tertiary/aromatic N) is 2. The number of hydrogen-bond acceptors (Lipinski definition) is 3. The maximum atomic E-state index is 12.4. The van der Waals surface area contributed by atoms with E-state index in [1.165, 1.54) is 5.56 Å². The predicted octanol–water partition coefficient (Wildman–Crippen LogP) is 3.57. The van der Waals surface area contributed by atoms with E-state index < -0.39 is 5.60 Å². The minimum atomic E-state index is -0.473. The normalized spacial score (nSPS) is 14.0. The minimum Gasteiger partial charge on any atom is -0.456 e. The van der Waals surface area contributed by atoms with Crippen molar-refractivity contribution >= 4 is 5.97 Å². The monoisotopic (exact) mass is 327 g/mol. The minimum absolute atomic E-state index is 0.183. The Morgan fingerprint density at radius 1 is 1.04 bits per heavy atom. The fraction of sp³-hybridized carbons (Fsp3) is 0.400. The number of quaternary nitrogens is 1. The molecular weight excluding hydrogens is 300 g/mol. The SMILES string of the molecule is CC(C)(C)OC(=O)C[N+](C)(Cc1ccccc1)Cc1ccccn1. The maximum absolute atomic E-state index is 12.4. The van der Waals surface area contributed by atoms with Crippen molar-refractivity contribution in [3.05, 3.63) is 66.0 Å². The van der Waals surface area contributed by atoms with Gasteiger partial charge in [-0.3, -0.25) is 4.98 Å². The van der Waals surface area contributed by atoms with Gasteiger partial charge >= 0.3 is 5.97 Å². The summed E-state index contributed by atoms with van der Waals surface area (Å²) in [5.74, 6) is -0.183. The van der Waals surface area contributed by atoms with Gasteiger partial charge in [0.25, 0.3) is 0 Å². The van der Waals surface area contributed by atoms with Crippen LogP contribution in [0.3, 0.4) is 0 Å². The first-order valence-electron chi connectivity index (χ1n) is 8.25. The van der Waals surface area contributed by atoms with E-state index >= 15 is 0 Å². The molecule has 0 saturated carbocycles. The third kappa shape index (κ3) is 6.13. The molecule has 4 heteroatoms. The molecule has 1 heterocycles. The zero-order chi connectivity index (χ0) is 17.6. The highest BCUT2D eigenvalue weighted by molar-refractivity contribution is 5.71. The van der Waals surface area contributed by atoms with E-state index in [1.807, 2.05) is 57.2 Å². The molecule has 24 heavy (non-hydrogen) atoms. The van der Waals surface area contributed by atoms with Crippen LogP contribution in [0.5, 0.6) is 0 Å². The highest BCUT2D eigenvalue weighted by atomic mass is 16.6. The Labute approximate surface area is 144 Å². The molecule has 0 bridgehead atoms. The van der Waals surface area contributed by atoms with Gasteiger partial charge in [-0.15, -0.1) is 0 Å². The number of pyridine rings is 1. The van der Waals surface area contributed by atoms with E-state index in [2.05, 4.69) is 24.2 Å². The molecule has 0 saturated heterocycles. The summed E-state index contributed by atoms with van der Waals surface area (Å²) in [6.45, 7) is 7.41. The van der Waals surface area contributed by atoms with Gasteiger partial charge in [0.2, 0.25) is 0 Å². The van der Waals surface area contributed by atoms with Crippen LogP contribution in [-0.2, 0) is 22.6 Å². The van der Waals surface area contributed by atoms with Gasteiger partial charge in [0.15, 0.2) is 6.54 Å². The quantitative estimate of drug-likeness (QED) is 0.601. The van der Waals surface area contributed by atoms with Gasteiger partial charge in [0.1, 0.15) is 18.7 Å². The number of aromatic nitrogens is 1. The van der Waals surface area contributed by atoms with Crippen LogP contribution in [-0.4, -0.2) is 34.6 Å². The largest absolute Gasteiger partial charge is 0.456 e. The number of esters is 1. The second-order valence-electron chi connectivity index (χ2n) is 7.49. The third-order valence-electron chi connectivity index (χ3n) is 3.61. The summed E-state index contributed by atoms with van der Waals surface area (Å²) in [4.78, 5) is 16.8. The molecule has 1 aromatic heterocycles. The van der Waals surface area contributed by atoms with Crippen LogP contribution in [0.4, 0.5) is 0 Å². The molecule has 0 spiro atoms. The van der Waals surface area contributed by atoms with Crippen molar-refractivity contribution in [1.82, 2.24) is 4.98 Å². The van der Waals surface area contributed by atoms with E-state index in [1.54, 1.807) is 6.20 Å². The molecule has 0 fully saturated rings. The molecule has 0 amide bonds. The molecule has 1 atom stereocenters. The Morgan fingerprint density at radius 2 is 1.71 bits per heavy atom. The summed E-state index contributed by atoms with van der Waals surface area (Å²) in [6.07, 6.45) is 1.79. The Balaban J connectivity index is 2.18. The van der Waals surface area contributed by atoms with Crippen molar-refractivity contribution in [2.24, 2.45) is 0 Å². The third-order valence-corrected chi connectivity index (χ3v) is 3.61. The summed E-state index contributed by atoms with van der Waals surface area (Å²) < 4.78 is 6.06. The summed E-state index contributed by atoms with van der Waals surface area (Å²) in [7, 11) is 2.08. The van der Waals surface area contributed by atoms with Crippen LogP contribution >= 0.6 is 0 Å². The lowest BCUT2D eigenvalue weighted by Gasteiger charge is -2.34. The lowest BCUT2D eigenvalue weighted by molar-refractivity contribution is -0.929. The Bertz CT molecular complexity index is 607. The van der Waals surface area contributed by atoms with Gasteiger partial charge in [-0.1, -0.05) is 36.4 Å². The summed E-state index contributed by atoms with van der Waals surface area (Å²) in [5.41, 5.74) is 1.69. The standard InChI is InChI=1S/C20H27N2O2/c1-20(2,3)24-19(23)16-22(4,14-17-10-6-5-7-11-17)15-18-12-8-9-13-21-18/h5-13H,14-16H2,1-4H3/q+1. The average Bonchev–Trinajstić information content (AvgIpc) is 2.46. The number of likely N-dealkylation sites (N-methyl/N-ethyl adjacent to an activating group) is 1. The smallest absolute Gasteiger partial charge is 0.362 e. The van der Waals surface area contributed by atoms with E-state index in [9.17, 15) is 4.79 Å². The van der Waals surface area contributed by atoms with Crippen LogP contribution in [0, 0.1) is 0 Å². The van der Waals surface area contributed by atoms with E-state index in [0.29, 0.717) is 17.6 Å². The molecule has 2 aromatic rings. The molecule has 1 unspecified atom stereocenters. The van der Waals surface area contributed by atoms with Crippen molar-refractivity contribution in [1.29, 1.82) is 0 Å². The molecule has 0 aliphatic heterocycles. The van der Waals surface area contributed by atoms with Crippen LogP contribution in [0.1, 0.15) is 32.0 Å². The van der Waals surface area contributed by atoms with Crippen molar-refractivity contribution in [3.63, 3.8) is 0 Å². The predicted molar refractivity (Wildman–Crippen MR) is 95.0 cm³/mol. The fourth-order valence-corrected chi connectivity index (χ4v) is 2.76. The molecule has 0 aliphatic rings. The number of carbonyl (C=O) groups excluding carboxylic acids is 1. The van der Waals surface area contributed by atoms with Crippen molar-refractivity contribution in [2.45, 2.75) is 39.5 Å². The second kappa shape index (κ2) is 7.58. The number of hydrogen-bond donors (Lipinski definition) is 0. The molecule has 1 aromatic carbocycles. The summed E-state index contributed by atoms with van der Waals surface area (Å²) in [6, 6.07) is 16.1. The van der Waals surface area contributed by atoms with Crippen LogP contribution in [0.15, 0.2) is 54.7 Å². The lowest BCUT2D eigenvalue weighted by Crippen LogP contribution is -2.48. The first-order valence-corrected chi connectivity index (χ1v) is 8.25. The van der Waals surface area contributed by atoms with Crippen molar-refractivity contribution in [2.75, 3.05) is 13.6 Å². The van der Waals surface area contributed by atoms with E-state index in [0.717, 1.165) is 12.2 Å². The number of rotatable bonds is 6. The number of carbonyl (C=O) groups is 1. The second-order valence-corrected chi connectivity index (χ2v) is 7.49. The summed E-state index contributed by atoms with van der Waals surface area (Å²) >= 11 is 0. The van der Waals surface area contributed by atoms with Gasteiger partial charge in [-0.05, 0) is 32.9 Å². The molecule has 128 valence electrons. The molecule has 0 aliphatic carbocycles. The Kier molecular flexibility index (Phi) is 5.73. The lowest BCUT2D eigenvalue weighted by atomic mass is 10.1. The fourth-order valence-electron chi connectivity index (χ4n) is 2.76. The zero-order valence-electron chi connectivity index (χ0n) is 15.0. The van der Waals surface area contributed by atoms with Crippen LogP contribution in [0.2, 0.25) is 0 Å². The maximum Gasteiger partial charge on any atom is 0.362 e. The average molecular weight is 327 g/mol. The first kappa shape index (κ1) is 18.1. The number of benzene rings is 1. The van der Waals surface area contributed by atoms with Crippen molar-refractivity contribution in [3.8, 4) is 0 Å². The molecule has 2 rings (SSSR count). The van der Waals surface area contributed by atoms with Gasteiger partial charge in [-0.2, -0.15) is 0 Å². The van der Waals surface area contributed by atoms with Gasteiger partial charge in [0, 0.05) is 11.8 Å². The molecule has 0 radical (unpaired) electrons. The first-order chi connectivity index (χ1) is 11.3. The molecule has 4 nitrogen and oxygen atoms in total. The number of ether oxygens (including phenoxy) is 1. The van der Waals surface area contributed by atoms with Crippen LogP contribution in [0.25, 0.3) is 0 Å². The van der Waals surface area contributed by atoms with Gasteiger partial charge < -0.3 is 9.22 Å².